The Bertz CT molecular complexity index is 1130. The topological polar surface area (TPSA) is 71.5 Å². The molecule has 5 rings (SSSR count). The quantitative estimate of drug-likeness (QED) is 0.552. The summed E-state index contributed by atoms with van der Waals surface area (Å²) in [5, 5.41) is 9.06. The first-order chi connectivity index (χ1) is 16.6. The molecule has 2 aliphatic heterocycles. The second kappa shape index (κ2) is 10.2. The number of ether oxygens (including phenoxy) is 3. The number of nitrogens with zero attached hydrogens (tertiary/aromatic N) is 2. The predicted octanol–water partition coefficient (Wildman–Crippen LogP) is 4.61. The second-order valence-electron chi connectivity index (χ2n) is 8.67. The van der Waals surface area contributed by atoms with Gasteiger partial charge in [-0.3, -0.25) is 9.80 Å². The Kier molecular flexibility index (Phi) is 6.65. The van der Waals surface area contributed by atoms with E-state index in [9.17, 15) is 4.79 Å². The number of rotatable bonds is 7. The molecule has 1 fully saturated rings. The van der Waals surface area contributed by atoms with Crippen molar-refractivity contribution in [1.29, 1.82) is 0 Å². The number of hydrogen-bond acceptors (Lipinski definition) is 6. The van der Waals surface area contributed by atoms with Crippen molar-refractivity contribution >= 4 is 5.97 Å². The molecule has 0 atom stereocenters. The van der Waals surface area contributed by atoms with Crippen LogP contribution in [0.15, 0.2) is 66.7 Å². The van der Waals surface area contributed by atoms with Gasteiger partial charge in [0, 0.05) is 32.2 Å². The zero-order valence-corrected chi connectivity index (χ0v) is 19.0. The van der Waals surface area contributed by atoms with Crippen LogP contribution in [0, 0.1) is 0 Å². The average Bonchev–Trinajstić information content (AvgIpc) is 3.21. The highest BCUT2D eigenvalue weighted by atomic mass is 16.7. The van der Waals surface area contributed by atoms with Crippen LogP contribution in [0.3, 0.4) is 0 Å². The molecule has 7 nitrogen and oxygen atoms in total. The highest BCUT2D eigenvalue weighted by Gasteiger charge is 2.16. The van der Waals surface area contributed by atoms with Crippen molar-refractivity contribution < 1.29 is 24.1 Å². The Labute approximate surface area is 199 Å². The van der Waals surface area contributed by atoms with Crippen LogP contribution in [0.4, 0.5) is 0 Å². The number of benzene rings is 3. The summed E-state index contributed by atoms with van der Waals surface area (Å²) in [6, 6.07) is 21.0. The van der Waals surface area contributed by atoms with Crippen molar-refractivity contribution in [2.75, 3.05) is 33.0 Å². The van der Waals surface area contributed by atoms with E-state index in [-0.39, 0.29) is 6.79 Å². The Morgan fingerprint density at radius 2 is 1.35 bits per heavy atom. The summed E-state index contributed by atoms with van der Waals surface area (Å²) >= 11 is 0. The summed E-state index contributed by atoms with van der Waals surface area (Å²) < 4.78 is 16.7. The molecule has 3 aromatic rings. The molecule has 3 aromatic carbocycles. The van der Waals surface area contributed by atoms with Crippen molar-refractivity contribution in [3.8, 4) is 23.0 Å². The fraction of sp³-hybridized carbons (Fsp3) is 0.296. The first-order valence-electron chi connectivity index (χ1n) is 11.6. The van der Waals surface area contributed by atoms with Crippen LogP contribution in [0.25, 0.3) is 0 Å². The highest BCUT2D eigenvalue weighted by Crippen LogP contribution is 2.36. The van der Waals surface area contributed by atoms with Crippen molar-refractivity contribution in [2.45, 2.75) is 19.5 Å². The zero-order chi connectivity index (χ0) is 23.3. The molecular formula is C27H28N2O5. The summed E-state index contributed by atoms with van der Waals surface area (Å²) in [5.74, 6) is 2.08. The number of carbonyl (C=O) groups is 1. The van der Waals surface area contributed by atoms with E-state index in [0.717, 1.165) is 68.5 Å². The van der Waals surface area contributed by atoms with Gasteiger partial charge in [-0.2, -0.15) is 0 Å². The fourth-order valence-corrected chi connectivity index (χ4v) is 4.35. The molecule has 0 aromatic heterocycles. The van der Waals surface area contributed by atoms with Gasteiger partial charge in [0.2, 0.25) is 6.79 Å². The van der Waals surface area contributed by atoms with Gasteiger partial charge >= 0.3 is 5.97 Å². The minimum absolute atomic E-state index is 0.252. The van der Waals surface area contributed by atoms with E-state index in [1.807, 2.05) is 42.5 Å². The lowest BCUT2D eigenvalue weighted by Gasteiger charge is -2.22. The van der Waals surface area contributed by atoms with Crippen LogP contribution >= 0.6 is 0 Å². The van der Waals surface area contributed by atoms with Crippen molar-refractivity contribution in [3.05, 3.63) is 83.4 Å². The first-order valence-corrected chi connectivity index (χ1v) is 11.6. The molecule has 0 radical (unpaired) electrons. The molecule has 34 heavy (non-hydrogen) atoms. The summed E-state index contributed by atoms with van der Waals surface area (Å²) in [7, 11) is 0. The van der Waals surface area contributed by atoms with Gasteiger partial charge in [-0.05, 0) is 67.0 Å². The second-order valence-corrected chi connectivity index (χ2v) is 8.67. The summed E-state index contributed by atoms with van der Waals surface area (Å²) in [6.45, 7) is 6.10. The molecule has 0 aliphatic carbocycles. The van der Waals surface area contributed by atoms with Crippen LogP contribution in [0.1, 0.15) is 27.9 Å². The van der Waals surface area contributed by atoms with Gasteiger partial charge in [0.1, 0.15) is 11.5 Å². The first kappa shape index (κ1) is 22.3. The molecule has 0 unspecified atom stereocenters. The Hall–Kier alpha value is -3.55. The lowest BCUT2D eigenvalue weighted by Crippen LogP contribution is -2.30. The number of fused-ring (bicyclic) bond motifs is 1. The van der Waals surface area contributed by atoms with E-state index < -0.39 is 5.97 Å². The summed E-state index contributed by atoms with van der Waals surface area (Å²) in [6.07, 6.45) is 1.11. The summed E-state index contributed by atoms with van der Waals surface area (Å²) in [4.78, 5) is 16.0. The molecule has 0 bridgehead atoms. The van der Waals surface area contributed by atoms with Crippen molar-refractivity contribution in [3.63, 3.8) is 0 Å². The normalized spacial score (nSPS) is 16.2. The van der Waals surface area contributed by atoms with E-state index in [4.69, 9.17) is 19.3 Å². The third-order valence-corrected chi connectivity index (χ3v) is 6.20. The Balaban J connectivity index is 1.12. The molecule has 1 saturated heterocycles. The van der Waals surface area contributed by atoms with Crippen molar-refractivity contribution in [2.24, 2.45) is 0 Å². The van der Waals surface area contributed by atoms with Crippen molar-refractivity contribution in [1.82, 2.24) is 9.80 Å². The number of aromatic carboxylic acids is 1. The SMILES string of the molecule is O=C(O)c1ccc(CN2CCCN(Cc3ccc(Oc4ccc5c(c4)OCO5)cc3)CC2)cc1. The minimum Gasteiger partial charge on any atom is -0.478 e. The lowest BCUT2D eigenvalue weighted by molar-refractivity contribution is 0.0697. The number of hydrogen-bond donors (Lipinski definition) is 1. The average molecular weight is 461 g/mol. The molecule has 2 heterocycles. The van der Waals surface area contributed by atoms with Crippen LogP contribution in [0.2, 0.25) is 0 Å². The molecule has 0 saturated carbocycles. The van der Waals surface area contributed by atoms with Crippen LogP contribution in [-0.2, 0) is 13.1 Å². The molecule has 0 amide bonds. The van der Waals surface area contributed by atoms with E-state index in [1.54, 1.807) is 12.1 Å². The fourth-order valence-electron chi connectivity index (χ4n) is 4.35. The predicted molar refractivity (Wildman–Crippen MR) is 128 cm³/mol. The van der Waals surface area contributed by atoms with Gasteiger partial charge in [-0.15, -0.1) is 0 Å². The summed E-state index contributed by atoms with van der Waals surface area (Å²) in [5.41, 5.74) is 2.74. The molecule has 176 valence electrons. The van der Waals surface area contributed by atoms with Crippen LogP contribution in [0.5, 0.6) is 23.0 Å². The van der Waals surface area contributed by atoms with Gasteiger partial charge in [0.05, 0.1) is 5.56 Å². The van der Waals surface area contributed by atoms with Gasteiger partial charge in [-0.25, -0.2) is 4.79 Å². The maximum Gasteiger partial charge on any atom is 0.335 e. The molecule has 7 heteroatoms. The third-order valence-electron chi connectivity index (χ3n) is 6.20. The van der Waals surface area contributed by atoms with Gasteiger partial charge in [0.25, 0.3) is 0 Å². The molecule has 2 aliphatic rings. The standard InChI is InChI=1S/C27H28N2O5/c30-27(31)22-6-2-20(3-7-22)17-28-12-1-13-29(15-14-28)18-21-4-8-23(9-5-21)34-24-10-11-25-26(16-24)33-19-32-25/h2-11,16H,1,12-15,17-19H2,(H,30,31). The maximum absolute atomic E-state index is 11.0. The Morgan fingerprint density at radius 3 is 2.00 bits per heavy atom. The molecule has 0 spiro atoms. The van der Waals surface area contributed by atoms with Crippen LogP contribution < -0.4 is 14.2 Å². The number of carboxylic acid groups (broad SMARTS) is 1. The third kappa shape index (κ3) is 5.50. The molecular weight excluding hydrogens is 432 g/mol. The highest BCUT2D eigenvalue weighted by molar-refractivity contribution is 5.87. The smallest absolute Gasteiger partial charge is 0.335 e. The monoisotopic (exact) mass is 460 g/mol. The zero-order valence-electron chi connectivity index (χ0n) is 19.0. The Morgan fingerprint density at radius 1 is 0.765 bits per heavy atom. The van der Waals surface area contributed by atoms with E-state index in [1.165, 1.54) is 5.56 Å². The van der Waals surface area contributed by atoms with E-state index in [0.29, 0.717) is 11.3 Å². The van der Waals surface area contributed by atoms with Gasteiger partial charge in [0.15, 0.2) is 11.5 Å². The van der Waals surface area contributed by atoms with Gasteiger partial charge in [-0.1, -0.05) is 24.3 Å². The largest absolute Gasteiger partial charge is 0.478 e. The van der Waals surface area contributed by atoms with E-state index in [2.05, 4.69) is 21.9 Å². The minimum atomic E-state index is -0.885. The number of carboxylic acids is 1. The lowest BCUT2D eigenvalue weighted by atomic mass is 10.1. The maximum atomic E-state index is 11.0. The van der Waals surface area contributed by atoms with Crippen LogP contribution in [-0.4, -0.2) is 53.8 Å². The van der Waals surface area contributed by atoms with Gasteiger partial charge < -0.3 is 19.3 Å². The molecule has 1 N–H and O–H groups in total. The van der Waals surface area contributed by atoms with E-state index >= 15 is 0 Å².